The lowest BCUT2D eigenvalue weighted by Gasteiger charge is -2.07. The average molecular weight is 382 g/mol. The van der Waals surface area contributed by atoms with E-state index in [2.05, 4.69) is 15.7 Å². The Morgan fingerprint density at radius 3 is 2.50 bits per heavy atom. The molecular formula is C17H17F3N4OS. The fourth-order valence-electron chi connectivity index (χ4n) is 2.45. The van der Waals surface area contributed by atoms with Crippen LogP contribution in [0.25, 0.3) is 22.6 Å². The number of imidazole rings is 1. The van der Waals surface area contributed by atoms with Crippen LogP contribution in [0.3, 0.4) is 0 Å². The van der Waals surface area contributed by atoms with Gasteiger partial charge < -0.3 is 10.3 Å². The predicted molar refractivity (Wildman–Crippen MR) is 95.6 cm³/mol. The van der Waals surface area contributed by atoms with Crippen molar-refractivity contribution in [1.82, 2.24) is 14.5 Å². The number of benzene rings is 1. The summed E-state index contributed by atoms with van der Waals surface area (Å²) < 4.78 is 39.4. The van der Waals surface area contributed by atoms with Gasteiger partial charge in [0.1, 0.15) is 5.69 Å². The summed E-state index contributed by atoms with van der Waals surface area (Å²) in [6.45, 7) is 3.95. The second kappa shape index (κ2) is 7.77. The third kappa shape index (κ3) is 4.34. The molecule has 0 radical (unpaired) electrons. The molecule has 0 unspecified atom stereocenters. The number of carbonyl (C=O) groups is 1. The summed E-state index contributed by atoms with van der Waals surface area (Å²) in [7, 11) is 1.84. The van der Waals surface area contributed by atoms with Gasteiger partial charge in [-0.1, -0.05) is 0 Å². The van der Waals surface area contributed by atoms with Crippen LogP contribution in [0.2, 0.25) is 0 Å². The number of nitrogens with two attached hydrogens (primary N) is 1. The van der Waals surface area contributed by atoms with Crippen molar-refractivity contribution in [1.29, 1.82) is 0 Å². The highest BCUT2D eigenvalue weighted by Crippen LogP contribution is 2.38. The number of hydrogen-bond donors (Lipinski definition) is 1. The van der Waals surface area contributed by atoms with Gasteiger partial charge in [0, 0.05) is 18.1 Å². The second-order valence-electron chi connectivity index (χ2n) is 5.43. The van der Waals surface area contributed by atoms with Crippen LogP contribution in [0.5, 0.6) is 0 Å². The van der Waals surface area contributed by atoms with Crippen LogP contribution in [0, 0.1) is 13.8 Å². The normalized spacial score (nSPS) is 11.2. The average Bonchev–Trinajstić information content (AvgIpc) is 2.85. The SMILES string of the molecule is Cc1ccnc(-c2nc3cc(SC(F)(F)F)ccc3n2C)c1C.NC=O. The minimum absolute atomic E-state index is 0.128. The van der Waals surface area contributed by atoms with Gasteiger partial charge in [-0.15, -0.1) is 0 Å². The first kappa shape index (κ1) is 19.8. The van der Waals surface area contributed by atoms with E-state index in [-0.39, 0.29) is 23.1 Å². The number of aromatic nitrogens is 3. The van der Waals surface area contributed by atoms with Crippen molar-refractivity contribution in [3.05, 3.63) is 41.6 Å². The number of carbonyl (C=O) groups excluding carboxylic acids is 1. The summed E-state index contributed by atoms with van der Waals surface area (Å²) >= 11 is -0.133. The maximum absolute atomic E-state index is 12.5. The van der Waals surface area contributed by atoms with E-state index in [4.69, 9.17) is 4.79 Å². The number of rotatable bonds is 2. The van der Waals surface area contributed by atoms with Gasteiger partial charge in [0.15, 0.2) is 5.82 Å². The van der Waals surface area contributed by atoms with E-state index in [9.17, 15) is 13.2 Å². The molecule has 0 saturated carbocycles. The van der Waals surface area contributed by atoms with Crippen LogP contribution in [-0.4, -0.2) is 26.5 Å². The van der Waals surface area contributed by atoms with Gasteiger partial charge in [0.05, 0.1) is 11.0 Å². The van der Waals surface area contributed by atoms with E-state index in [1.165, 1.54) is 12.1 Å². The Morgan fingerprint density at radius 2 is 1.88 bits per heavy atom. The van der Waals surface area contributed by atoms with Gasteiger partial charge in [-0.2, -0.15) is 13.2 Å². The summed E-state index contributed by atoms with van der Waals surface area (Å²) in [6, 6.07) is 6.50. The molecule has 0 aliphatic heterocycles. The van der Waals surface area contributed by atoms with Crippen LogP contribution in [0.4, 0.5) is 13.2 Å². The Hall–Kier alpha value is -2.55. The van der Waals surface area contributed by atoms with Crippen molar-refractivity contribution in [2.45, 2.75) is 24.3 Å². The molecule has 2 heterocycles. The summed E-state index contributed by atoms with van der Waals surface area (Å²) in [4.78, 5) is 17.6. The van der Waals surface area contributed by atoms with Crippen molar-refractivity contribution >= 4 is 29.2 Å². The zero-order chi connectivity index (χ0) is 19.5. The number of aryl methyl sites for hydroxylation is 2. The topological polar surface area (TPSA) is 73.8 Å². The molecule has 2 N–H and O–H groups in total. The summed E-state index contributed by atoms with van der Waals surface area (Å²) in [5.74, 6) is 0.648. The minimum Gasteiger partial charge on any atom is -0.372 e. The quantitative estimate of drug-likeness (QED) is 0.538. The van der Waals surface area contributed by atoms with Crippen molar-refractivity contribution < 1.29 is 18.0 Å². The smallest absolute Gasteiger partial charge is 0.372 e. The van der Waals surface area contributed by atoms with Gasteiger partial charge in [-0.3, -0.25) is 9.78 Å². The number of fused-ring (bicyclic) bond motifs is 1. The lowest BCUT2D eigenvalue weighted by atomic mass is 10.1. The molecule has 138 valence electrons. The van der Waals surface area contributed by atoms with E-state index >= 15 is 0 Å². The molecule has 1 amide bonds. The highest BCUT2D eigenvalue weighted by atomic mass is 32.2. The lowest BCUT2D eigenvalue weighted by Crippen LogP contribution is -1.99. The number of halogens is 3. The first-order valence-electron chi connectivity index (χ1n) is 7.48. The number of hydrogen-bond acceptors (Lipinski definition) is 4. The molecule has 0 atom stereocenters. The molecule has 9 heteroatoms. The zero-order valence-corrected chi connectivity index (χ0v) is 15.1. The molecule has 0 aliphatic carbocycles. The van der Waals surface area contributed by atoms with E-state index in [0.29, 0.717) is 11.3 Å². The van der Waals surface area contributed by atoms with Crippen molar-refractivity contribution in [3.8, 4) is 11.5 Å². The molecule has 0 spiro atoms. The molecule has 0 bridgehead atoms. The maximum atomic E-state index is 12.5. The van der Waals surface area contributed by atoms with Gasteiger partial charge in [-0.05, 0) is 61.0 Å². The van der Waals surface area contributed by atoms with Gasteiger partial charge >= 0.3 is 5.51 Å². The fraction of sp³-hybridized carbons (Fsp3) is 0.235. The Balaban J connectivity index is 0.000000758. The van der Waals surface area contributed by atoms with Crippen LogP contribution in [0.1, 0.15) is 11.1 Å². The van der Waals surface area contributed by atoms with E-state index < -0.39 is 5.51 Å². The van der Waals surface area contributed by atoms with Crippen LogP contribution in [-0.2, 0) is 11.8 Å². The number of amides is 1. The summed E-state index contributed by atoms with van der Waals surface area (Å²) in [5.41, 5.74) is 4.01. The number of pyridine rings is 1. The molecule has 0 saturated heterocycles. The zero-order valence-electron chi connectivity index (χ0n) is 14.3. The Kier molecular flexibility index (Phi) is 5.91. The summed E-state index contributed by atoms with van der Waals surface area (Å²) in [6.07, 6.45) is 1.96. The second-order valence-corrected chi connectivity index (χ2v) is 6.57. The van der Waals surface area contributed by atoms with Crippen LogP contribution >= 0.6 is 11.8 Å². The molecule has 1 aromatic carbocycles. The third-order valence-electron chi connectivity index (χ3n) is 3.77. The third-order valence-corrected chi connectivity index (χ3v) is 4.49. The largest absolute Gasteiger partial charge is 0.446 e. The Bertz CT molecular complexity index is 938. The van der Waals surface area contributed by atoms with E-state index in [0.717, 1.165) is 22.3 Å². The highest BCUT2D eigenvalue weighted by molar-refractivity contribution is 8.00. The molecule has 26 heavy (non-hydrogen) atoms. The molecule has 0 aliphatic rings. The van der Waals surface area contributed by atoms with E-state index in [1.807, 2.05) is 31.5 Å². The van der Waals surface area contributed by atoms with Crippen molar-refractivity contribution in [2.24, 2.45) is 12.8 Å². The van der Waals surface area contributed by atoms with Crippen molar-refractivity contribution in [2.75, 3.05) is 0 Å². The number of alkyl halides is 3. The van der Waals surface area contributed by atoms with Gasteiger partial charge in [0.2, 0.25) is 6.41 Å². The predicted octanol–water partition coefficient (Wildman–Crippen LogP) is 3.97. The number of thioether (sulfide) groups is 1. The number of primary amides is 1. The first-order chi connectivity index (χ1) is 12.2. The van der Waals surface area contributed by atoms with Crippen LogP contribution < -0.4 is 5.73 Å². The maximum Gasteiger partial charge on any atom is 0.446 e. The highest BCUT2D eigenvalue weighted by Gasteiger charge is 2.29. The van der Waals surface area contributed by atoms with Gasteiger partial charge in [0.25, 0.3) is 0 Å². The molecule has 0 fully saturated rings. The molecule has 3 aromatic rings. The van der Waals surface area contributed by atoms with Gasteiger partial charge in [-0.25, -0.2) is 4.98 Å². The Morgan fingerprint density at radius 1 is 1.23 bits per heavy atom. The number of nitrogens with zero attached hydrogens (tertiary/aromatic N) is 3. The van der Waals surface area contributed by atoms with E-state index in [1.54, 1.807) is 12.3 Å². The molecule has 2 aromatic heterocycles. The minimum atomic E-state index is -4.31. The van der Waals surface area contributed by atoms with Crippen LogP contribution in [0.15, 0.2) is 35.4 Å². The fourth-order valence-corrected chi connectivity index (χ4v) is 3.02. The molecular weight excluding hydrogens is 365 g/mol. The standard InChI is InChI=1S/C16H14F3N3S.CH3NO/c1-9-6-7-20-14(10(9)2)15-21-12-8-11(23-16(17,18)19)4-5-13(12)22(15)3;2-1-3/h4-8H,1-3H3;1H,(H2,2,3). The monoisotopic (exact) mass is 382 g/mol. The lowest BCUT2D eigenvalue weighted by molar-refractivity contribution is -0.106. The molecule has 3 rings (SSSR count). The summed E-state index contributed by atoms with van der Waals surface area (Å²) in [5, 5.41) is 0. The Labute approximate surface area is 152 Å². The first-order valence-corrected chi connectivity index (χ1v) is 8.29. The molecule has 5 nitrogen and oxygen atoms in total. The van der Waals surface area contributed by atoms with Crippen molar-refractivity contribution in [3.63, 3.8) is 0 Å².